The SMILES string of the molecule is N[N+]12C=NC=C1N(N(CCO)CCO)C=N2. The summed E-state index contributed by atoms with van der Waals surface area (Å²) in [4.78, 5) is 3.95. The van der Waals surface area contributed by atoms with E-state index in [2.05, 4.69) is 10.1 Å². The summed E-state index contributed by atoms with van der Waals surface area (Å²) in [6.45, 7) is 0.764. The molecule has 2 aliphatic rings. The van der Waals surface area contributed by atoms with Crippen molar-refractivity contribution in [1.82, 2.24) is 10.0 Å². The number of hydrogen-bond donors (Lipinski definition) is 3. The van der Waals surface area contributed by atoms with E-state index in [9.17, 15) is 0 Å². The Balaban J connectivity index is 2.13. The molecule has 0 aliphatic carbocycles. The first-order chi connectivity index (χ1) is 7.71. The van der Waals surface area contributed by atoms with E-state index in [-0.39, 0.29) is 17.9 Å². The lowest BCUT2D eigenvalue weighted by molar-refractivity contribution is -0.814. The van der Waals surface area contributed by atoms with Crippen LogP contribution in [0.25, 0.3) is 0 Å². The predicted molar refractivity (Wildman–Crippen MR) is 57.1 cm³/mol. The summed E-state index contributed by atoms with van der Waals surface area (Å²) in [6, 6.07) is 0. The number of quaternary nitrogens is 1. The summed E-state index contributed by atoms with van der Waals surface area (Å²) in [5.41, 5.74) is 0. The molecule has 8 nitrogen and oxygen atoms in total. The smallest absolute Gasteiger partial charge is 0.296 e. The van der Waals surface area contributed by atoms with Gasteiger partial charge in [0.15, 0.2) is 6.34 Å². The second kappa shape index (κ2) is 4.28. The molecule has 0 aromatic rings. The lowest BCUT2D eigenvalue weighted by Crippen LogP contribution is -2.50. The van der Waals surface area contributed by atoms with Gasteiger partial charge in [0.2, 0.25) is 6.34 Å². The molecule has 0 saturated heterocycles. The van der Waals surface area contributed by atoms with Crippen molar-refractivity contribution >= 4 is 12.7 Å². The molecule has 0 fully saturated rings. The molecular formula is C8H15N6O2+. The molecule has 88 valence electrons. The van der Waals surface area contributed by atoms with Crippen LogP contribution in [0.4, 0.5) is 0 Å². The summed E-state index contributed by atoms with van der Waals surface area (Å²) in [5, 5.41) is 25.4. The molecule has 0 aromatic heterocycles. The minimum Gasteiger partial charge on any atom is -0.395 e. The molecule has 0 spiro atoms. The van der Waals surface area contributed by atoms with Crippen molar-refractivity contribution in [3.8, 4) is 0 Å². The van der Waals surface area contributed by atoms with Gasteiger partial charge in [-0.1, -0.05) is 0 Å². The Labute approximate surface area is 92.7 Å². The van der Waals surface area contributed by atoms with Gasteiger partial charge in [-0.25, -0.2) is 10.0 Å². The Morgan fingerprint density at radius 1 is 1.38 bits per heavy atom. The molecule has 0 saturated carbocycles. The van der Waals surface area contributed by atoms with E-state index < -0.39 is 0 Å². The van der Waals surface area contributed by atoms with Crippen LogP contribution in [0.3, 0.4) is 0 Å². The number of aliphatic hydroxyl groups excluding tert-OH is 2. The third-order valence-corrected chi connectivity index (χ3v) is 2.41. The van der Waals surface area contributed by atoms with E-state index in [1.165, 1.54) is 6.34 Å². The van der Waals surface area contributed by atoms with Gasteiger partial charge in [-0.3, -0.25) is 0 Å². The molecule has 1 unspecified atom stereocenters. The fourth-order valence-electron chi connectivity index (χ4n) is 1.64. The third kappa shape index (κ3) is 1.72. The first kappa shape index (κ1) is 11.2. The number of aliphatic imine (C=N–C) groups is 1. The molecule has 2 rings (SSSR count). The largest absolute Gasteiger partial charge is 0.395 e. The number of hydrogen-bond acceptors (Lipinski definition) is 7. The lowest BCUT2D eigenvalue weighted by Gasteiger charge is -2.28. The molecular weight excluding hydrogens is 212 g/mol. The number of rotatable bonds is 5. The highest BCUT2D eigenvalue weighted by atomic mass is 16.3. The van der Waals surface area contributed by atoms with Crippen LogP contribution >= 0.6 is 0 Å². The molecule has 2 aliphatic heterocycles. The maximum absolute atomic E-state index is 8.95. The first-order valence-corrected chi connectivity index (χ1v) is 4.95. The fraction of sp³-hybridized carbons (Fsp3) is 0.500. The molecule has 16 heavy (non-hydrogen) atoms. The third-order valence-electron chi connectivity index (χ3n) is 2.41. The second-order valence-corrected chi connectivity index (χ2v) is 3.47. The average Bonchev–Trinajstić information content (AvgIpc) is 2.74. The van der Waals surface area contributed by atoms with Gasteiger partial charge in [0.05, 0.1) is 13.2 Å². The summed E-state index contributed by atoms with van der Waals surface area (Å²) >= 11 is 0. The van der Waals surface area contributed by atoms with Gasteiger partial charge in [-0.15, -0.1) is 5.84 Å². The van der Waals surface area contributed by atoms with Crippen LogP contribution in [0.15, 0.2) is 22.1 Å². The van der Waals surface area contributed by atoms with E-state index in [1.54, 1.807) is 22.6 Å². The summed E-state index contributed by atoms with van der Waals surface area (Å²) in [5.74, 6) is 6.58. The maximum atomic E-state index is 8.95. The summed E-state index contributed by atoms with van der Waals surface area (Å²) in [7, 11) is 0. The fourth-order valence-corrected chi connectivity index (χ4v) is 1.64. The van der Waals surface area contributed by atoms with Crippen LogP contribution in [0.1, 0.15) is 0 Å². The van der Waals surface area contributed by atoms with Gasteiger partial charge in [0.25, 0.3) is 5.82 Å². The van der Waals surface area contributed by atoms with Crippen LogP contribution in [0, 0.1) is 0 Å². The van der Waals surface area contributed by atoms with Crippen molar-refractivity contribution in [1.29, 1.82) is 0 Å². The van der Waals surface area contributed by atoms with Gasteiger partial charge in [0, 0.05) is 13.1 Å². The Hall–Kier alpha value is -1.32. The minimum atomic E-state index is -0.215. The van der Waals surface area contributed by atoms with Crippen LogP contribution < -0.4 is 5.84 Å². The number of fused-ring (bicyclic) bond motifs is 1. The number of hydrazine groups is 1. The molecule has 0 amide bonds. The number of nitrogens with zero attached hydrogens (tertiary/aromatic N) is 5. The molecule has 0 aromatic carbocycles. The zero-order chi connectivity index (χ0) is 11.6. The van der Waals surface area contributed by atoms with E-state index in [0.29, 0.717) is 18.9 Å². The van der Waals surface area contributed by atoms with Crippen molar-refractivity contribution in [2.45, 2.75) is 0 Å². The lowest BCUT2D eigenvalue weighted by atomic mass is 10.5. The predicted octanol–water partition coefficient (Wildman–Crippen LogP) is -2.02. The van der Waals surface area contributed by atoms with Gasteiger partial charge in [-0.05, 0) is 9.80 Å². The quantitative estimate of drug-likeness (QED) is 0.372. The minimum absolute atomic E-state index is 0.0109. The van der Waals surface area contributed by atoms with Gasteiger partial charge in [0.1, 0.15) is 6.20 Å². The molecule has 0 radical (unpaired) electrons. The zero-order valence-corrected chi connectivity index (χ0v) is 8.77. The van der Waals surface area contributed by atoms with Crippen molar-refractivity contribution in [2.24, 2.45) is 15.9 Å². The second-order valence-electron chi connectivity index (χ2n) is 3.47. The van der Waals surface area contributed by atoms with Crippen LogP contribution in [0.2, 0.25) is 0 Å². The Kier molecular flexibility index (Phi) is 2.99. The molecule has 4 N–H and O–H groups in total. The number of nitrogens with two attached hydrogens (primary N) is 1. The van der Waals surface area contributed by atoms with Crippen molar-refractivity contribution in [3.63, 3.8) is 0 Å². The van der Waals surface area contributed by atoms with Gasteiger partial charge >= 0.3 is 0 Å². The standard InChI is InChI=1S/C8H15N6O2/c9-14-7-10-5-8(14)13(6-11-14)12(1-3-15)2-4-16/h5-7,15-16H,1-4,9H2/q+1. The maximum Gasteiger partial charge on any atom is 0.296 e. The summed E-state index contributed by atoms with van der Waals surface area (Å²) in [6.07, 6.45) is 4.67. The van der Waals surface area contributed by atoms with Crippen molar-refractivity contribution < 1.29 is 14.9 Å². The van der Waals surface area contributed by atoms with Crippen molar-refractivity contribution in [2.75, 3.05) is 26.3 Å². The molecule has 8 heteroatoms. The first-order valence-electron chi connectivity index (χ1n) is 4.95. The highest BCUT2D eigenvalue weighted by molar-refractivity contribution is 5.64. The summed E-state index contributed by atoms with van der Waals surface area (Å²) < 4.78 is -0.215. The normalized spacial score (nSPS) is 26.8. The monoisotopic (exact) mass is 227 g/mol. The van der Waals surface area contributed by atoms with E-state index in [1.807, 2.05) is 0 Å². The Morgan fingerprint density at radius 3 is 2.69 bits per heavy atom. The Bertz CT molecular complexity index is 348. The van der Waals surface area contributed by atoms with Crippen LogP contribution in [0.5, 0.6) is 0 Å². The molecule has 2 heterocycles. The highest BCUT2D eigenvalue weighted by Crippen LogP contribution is 2.25. The van der Waals surface area contributed by atoms with E-state index in [0.717, 1.165) is 0 Å². The molecule has 1 atom stereocenters. The van der Waals surface area contributed by atoms with Gasteiger partial charge < -0.3 is 10.2 Å². The van der Waals surface area contributed by atoms with E-state index in [4.69, 9.17) is 16.1 Å². The van der Waals surface area contributed by atoms with Crippen LogP contribution in [-0.4, -0.2) is 63.9 Å². The Morgan fingerprint density at radius 2 is 2.06 bits per heavy atom. The number of aliphatic hydroxyl groups is 2. The molecule has 0 bridgehead atoms. The zero-order valence-electron chi connectivity index (χ0n) is 8.77. The van der Waals surface area contributed by atoms with Gasteiger partial charge in [-0.2, -0.15) is 4.99 Å². The average molecular weight is 227 g/mol. The van der Waals surface area contributed by atoms with Crippen molar-refractivity contribution in [3.05, 3.63) is 12.0 Å². The highest BCUT2D eigenvalue weighted by Gasteiger charge is 2.43. The topological polar surface area (TPSA) is 97.7 Å². The van der Waals surface area contributed by atoms with E-state index >= 15 is 0 Å². The van der Waals surface area contributed by atoms with Crippen LogP contribution in [-0.2, 0) is 0 Å².